The molecule has 13 heavy (non-hydrogen) atoms. The van der Waals surface area contributed by atoms with E-state index in [1.54, 1.807) is 0 Å². The maximum absolute atomic E-state index is 9.50. The predicted octanol–water partition coefficient (Wildman–Crippen LogP) is 1.15. The molecule has 1 saturated heterocycles. The maximum Gasteiger partial charge on any atom is 0.104 e. The molecule has 0 aromatic heterocycles. The van der Waals surface area contributed by atoms with Crippen LogP contribution in [0.15, 0.2) is 17.3 Å². The number of allylic oxidation sites excluding steroid dienone is 1. The first-order valence-corrected chi connectivity index (χ1v) is 5.01. The van der Waals surface area contributed by atoms with Crippen LogP contribution in [0.5, 0.6) is 0 Å². The fourth-order valence-electron chi connectivity index (χ4n) is 1.92. The van der Waals surface area contributed by atoms with Crippen molar-refractivity contribution < 1.29 is 5.11 Å². The van der Waals surface area contributed by atoms with Gasteiger partial charge in [0.15, 0.2) is 0 Å². The van der Waals surface area contributed by atoms with E-state index in [9.17, 15) is 5.11 Å². The molecule has 3 heteroatoms. The molecule has 0 radical (unpaired) electrons. The number of piperidine rings is 1. The number of aliphatic hydroxyl groups is 1. The number of nitrogens with zero attached hydrogens (tertiary/aromatic N) is 2. The van der Waals surface area contributed by atoms with Crippen molar-refractivity contribution in [1.29, 1.82) is 0 Å². The molecule has 2 rings (SSSR count). The first-order valence-electron chi connectivity index (χ1n) is 5.01. The summed E-state index contributed by atoms with van der Waals surface area (Å²) in [6, 6.07) is 0. The maximum atomic E-state index is 9.50. The molecule has 0 bridgehead atoms. The van der Waals surface area contributed by atoms with Crippen LogP contribution in [0.4, 0.5) is 0 Å². The number of amidine groups is 1. The van der Waals surface area contributed by atoms with E-state index >= 15 is 0 Å². The van der Waals surface area contributed by atoms with Gasteiger partial charge in [-0.2, -0.15) is 0 Å². The van der Waals surface area contributed by atoms with Gasteiger partial charge >= 0.3 is 0 Å². The number of aliphatic hydroxyl groups excluding tert-OH is 1. The lowest BCUT2D eigenvalue weighted by Gasteiger charge is -2.33. The van der Waals surface area contributed by atoms with E-state index in [0.717, 1.165) is 44.6 Å². The van der Waals surface area contributed by atoms with Crippen LogP contribution >= 0.6 is 0 Å². The molecule has 1 fully saturated rings. The van der Waals surface area contributed by atoms with Crippen LogP contribution in [-0.4, -0.2) is 35.0 Å². The summed E-state index contributed by atoms with van der Waals surface area (Å²) in [5.74, 6) is 1.15. The predicted molar refractivity (Wildman–Crippen MR) is 52.6 cm³/mol. The molecule has 72 valence electrons. The molecule has 0 spiro atoms. The molecule has 2 aliphatic heterocycles. The first-order chi connectivity index (χ1) is 6.36. The Labute approximate surface area is 78.8 Å². The van der Waals surface area contributed by atoms with Crippen LogP contribution in [0, 0.1) is 0 Å². The summed E-state index contributed by atoms with van der Waals surface area (Å²) in [6.07, 6.45) is 7.96. The Morgan fingerprint density at radius 1 is 1.54 bits per heavy atom. The van der Waals surface area contributed by atoms with Gasteiger partial charge < -0.3 is 10.0 Å². The fourth-order valence-corrected chi connectivity index (χ4v) is 1.92. The van der Waals surface area contributed by atoms with E-state index in [0.29, 0.717) is 0 Å². The van der Waals surface area contributed by atoms with E-state index in [2.05, 4.69) is 16.0 Å². The van der Waals surface area contributed by atoms with Crippen LogP contribution in [-0.2, 0) is 0 Å². The number of hydrogen-bond acceptors (Lipinski definition) is 3. The van der Waals surface area contributed by atoms with Crippen molar-refractivity contribution in [2.75, 3.05) is 13.1 Å². The summed E-state index contributed by atoms with van der Waals surface area (Å²) in [5, 5.41) is 9.50. The van der Waals surface area contributed by atoms with Crippen molar-refractivity contribution in [1.82, 2.24) is 4.90 Å². The summed E-state index contributed by atoms with van der Waals surface area (Å²) >= 11 is 0. The van der Waals surface area contributed by atoms with Gasteiger partial charge in [0, 0.05) is 25.7 Å². The quantitative estimate of drug-likeness (QED) is 0.607. The Hall–Kier alpha value is -0.830. The van der Waals surface area contributed by atoms with Crippen molar-refractivity contribution >= 4 is 5.84 Å². The smallest absolute Gasteiger partial charge is 0.104 e. The number of β-amino-alcohol motifs (C(OH)–C–C–N with tert-alkyl or cyclic N) is 1. The van der Waals surface area contributed by atoms with E-state index in [1.165, 1.54) is 0 Å². The summed E-state index contributed by atoms with van der Waals surface area (Å²) < 4.78 is 0. The highest BCUT2D eigenvalue weighted by Gasteiger charge is 2.20. The van der Waals surface area contributed by atoms with Crippen LogP contribution in [0.3, 0.4) is 0 Å². The molecular formula is C10H16N2O. The van der Waals surface area contributed by atoms with Gasteiger partial charge in [-0.15, -0.1) is 0 Å². The van der Waals surface area contributed by atoms with Gasteiger partial charge in [0.05, 0.1) is 6.10 Å². The Balaban J connectivity index is 1.98. The highest BCUT2D eigenvalue weighted by Crippen LogP contribution is 2.14. The fraction of sp³-hybridized carbons (Fsp3) is 0.700. The summed E-state index contributed by atoms with van der Waals surface area (Å²) in [6.45, 7) is 1.83. The third-order valence-corrected chi connectivity index (χ3v) is 2.63. The largest absolute Gasteiger partial charge is 0.391 e. The average Bonchev–Trinajstić information content (AvgIpc) is 2.19. The zero-order valence-electron chi connectivity index (χ0n) is 7.82. The molecule has 3 nitrogen and oxygen atoms in total. The molecule has 1 atom stereocenters. The highest BCUT2D eigenvalue weighted by molar-refractivity contribution is 5.83. The third-order valence-electron chi connectivity index (χ3n) is 2.63. The Morgan fingerprint density at radius 3 is 3.15 bits per heavy atom. The number of hydrogen-bond donors (Lipinski definition) is 1. The van der Waals surface area contributed by atoms with E-state index in [4.69, 9.17) is 0 Å². The Morgan fingerprint density at radius 2 is 2.46 bits per heavy atom. The van der Waals surface area contributed by atoms with Gasteiger partial charge in [0.25, 0.3) is 0 Å². The molecule has 0 amide bonds. The Kier molecular flexibility index (Phi) is 2.64. The van der Waals surface area contributed by atoms with Crippen LogP contribution in [0.25, 0.3) is 0 Å². The lowest BCUT2D eigenvalue weighted by molar-refractivity contribution is 0.102. The minimum atomic E-state index is -0.151. The van der Waals surface area contributed by atoms with Gasteiger partial charge in [-0.05, 0) is 19.3 Å². The molecule has 1 N–H and O–H groups in total. The molecule has 0 aliphatic carbocycles. The highest BCUT2D eigenvalue weighted by atomic mass is 16.3. The van der Waals surface area contributed by atoms with Gasteiger partial charge in [0.2, 0.25) is 0 Å². The summed E-state index contributed by atoms with van der Waals surface area (Å²) in [4.78, 5) is 6.56. The second-order valence-electron chi connectivity index (χ2n) is 3.71. The van der Waals surface area contributed by atoms with Gasteiger partial charge in [0.1, 0.15) is 5.84 Å². The molecule has 2 aliphatic rings. The van der Waals surface area contributed by atoms with Crippen LogP contribution in [0.2, 0.25) is 0 Å². The summed E-state index contributed by atoms with van der Waals surface area (Å²) in [7, 11) is 0. The topological polar surface area (TPSA) is 35.8 Å². The lowest BCUT2D eigenvalue weighted by atomic mass is 10.1. The molecule has 2 heterocycles. The standard InChI is InChI=1S/C10H16N2O/c13-9-4-3-7-12(8-9)10-5-1-2-6-11-10/h2,6,9,13H,1,3-5,7-8H2. The second kappa shape index (κ2) is 3.92. The zero-order chi connectivity index (χ0) is 9.10. The zero-order valence-corrected chi connectivity index (χ0v) is 7.82. The molecule has 0 saturated carbocycles. The normalized spacial score (nSPS) is 28.8. The van der Waals surface area contributed by atoms with Gasteiger partial charge in [-0.3, -0.25) is 0 Å². The van der Waals surface area contributed by atoms with Gasteiger partial charge in [-0.25, -0.2) is 4.99 Å². The second-order valence-corrected chi connectivity index (χ2v) is 3.71. The minimum absolute atomic E-state index is 0.151. The third kappa shape index (κ3) is 2.10. The van der Waals surface area contributed by atoms with Crippen LogP contribution < -0.4 is 0 Å². The van der Waals surface area contributed by atoms with E-state index in [-0.39, 0.29) is 6.10 Å². The van der Waals surface area contributed by atoms with E-state index in [1.807, 2.05) is 6.20 Å². The molecule has 0 aromatic rings. The molecule has 1 unspecified atom stereocenters. The van der Waals surface area contributed by atoms with E-state index < -0.39 is 0 Å². The number of likely N-dealkylation sites (tertiary alicyclic amines) is 1. The number of rotatable bonds is 0. The average molecular weight is 180 g/mol. The lowest BCUT2D eigenvalue weighted by Crippen LogP contribution is -2.42. The SMILES string of the molecule is OC1CCCN(C2=NC=CCC2)C1. The summed E-state index contributed by atoms with van der Waals surface area (Å²) in [5.41, 5.74) is 0. The van der Waals surface area contributed by atoms with Crippen molar-refractivity contribution in [3.8, 4) is 0 Å². The van der Waals surface area contributed by atoms with Crippen molar-refractivity contribution in [2.24, 2.45) is 4.99 Å². The Bertz CT molecular complexity index is 235. The van der Waals surface area contributed by atoms with Gasteiger partial charge in [-0.1, -0.05) is 6.08 Å². The van der Waals surface area contributed by atoms with Crippen LogP contribution in [0.1, 0.15) is 25.7 Å². The van der Waals surface area contributed by atoms with Crippen molar-refractivity contribution in [3.63, 3.8) is 0 Å². The first kappa shape index (κ1) is 8.75. The van der Waals surface area contributed by atoms with Crippen molar-refractivity contribution in [2.45, 2.75) is 31.8 Å². The molecule has 0 aromatic carbocycles. The minimum Gasteiger partial charge on any atom is -0.391 e. The number of aliphatic imine (C=N–C) groups is 1. The van der Waals surface area contributed by atoms with Crippen molar-refractivity contribution in [3.05, 3.63) is 12.3 Å². The molecular weight excluding hydrogens is 164 g/mol. The monoisotopic (exact) mass is 180 g/mol.